The highest BCUT2D eigenvalue weighted by Gasteiger charge is 2.54. The van der Waals surface area contributed by atoms with Crippen molar-refractivity contribution in [2.24, 2.45) is 33.7 Å². The van der Waals surface area contributed by atoms with E-state index in [1.54, 1.807) is 30.3 Å². The van der Waals surface area contributed by atoms with Gasteiger partial charge >= 0.3 is 30.3 Å². The number of fused-ring (bicyclic) bond motifs is 12. The van der Waals surface area contributed by atoms with Crippen LogP contribution >= 0.6 is 0 Å². The maximum atomic E-state index is 14.4. The number of hydrogen-bond acceptors (Lipinski definition) is 19. The van der Waals surface area contributed by atoms with Crippen molar-refractivity contribution in [1.82, 2.24) is 61.2 Å². The number of alkyl carbamates (subject to hydrolysis) is 4. The molecule has 10 heterocycles. The first-order valence-electron chi connectivity index (χ1n) is 47.9. The van der Waals surface area contributed by atoms with E-state index in [4.69, 9.17) is 48.7 Å². The van der Waals surface area contributed by atoms with Crippen LogP contribution in [0.5, 0.6) is 0 Å². The van der Waals surface area contributed by atoms with E-state index in [9.17, 15) is 38.4 Å². The molecular weight excluding hydrogens is 1730 g/mol. The van der Waals surface area contributed by atoms with Gasteiger partial charge in [0.1, 0.15) is 29.8 Å². The lowest BCUT2D eigenvalue weighted by atomic mass is 9.89. The normalized spacial score (nSPS) is 21.7. The quantitative estimate of drug-likeness (QED) is 0.0329. The number of aromatic amines is 2. The monoisotopic (exact) mass is 1840 g/mol. The van der Waals surface area contributed by atoms with Crippen molar-refractivity contribution in [2.75, 3.05) is 68.0 Å². The summed E-state index contributed by atoms with van der Waals surface area (Å²) in [5, 5.41) is 32.7. The predicted molar refractivity (Wildman–Crippen MR) is 521 cm³/mol. The van der Waals surface area contributed by atoms with Crippen LogP contribution in [0.3, 0.4) is 0 Å². The maximum Gasteiger partial charge on any atom is 0.407 e. The fourth-order valence-corrected chi connectivity index (χ4v) is 22.9. The van der Waals surface area contributed by atoms with Crippen molar-refractivity contribution in [3.8, 4) is 44.8 Å². The number of carboxylic acid groups (broad SMARTS) is 1. The standard InChI is InChI=1S/C54H55N7O7.C44H46N6O4.C10H11NO4/c1-66-53(64)58-47(31-7-4-3-5-8-31)51(62)60-22-6-9-46(60)44-29-42-41-18-15-36(26-37(41)16-19-43(42)56-44)33-10-11-35-27-38(13-12-34(35)25-33)45-30-55-50(57-45)49-39-14-17-40(28-39)61(49)52(63)48(59-54(65)67-2)32-20-23-68-24-21-32;1-53-44(52)49-40(25-14-17-54-18-15-25)43(51)50-33-11-8-32(22-33)41(50)42-46-24-39(48-42)31-7-6-27-19-26(4-5-28(27)21-31)29-9-12-34-30(20-29)10-13-36-35(34)23-38(47-36)37-3-2-16-45-37;1-15-10(14)11-8(9(12)13)7-5-3-2-4-6-7/h3-5,7-8,10-13,15-16,18-19,25-27,30,32,39-40,46-49H,6,9,14,17,20-24,28-29H2,1-2H3,(H,55,57)(H,58,64)(H,59,65);4-7,9-10,12-13,19-21,24-25,32-33,37,40-41,45H,2-3,8,11,14-18,22-23H2,1H3,(H,46,48)(H,49,52);2-6,8H,1H3,(H,11,14)(H,12,13)/t39-,40+,46-,47-,48-,49-;32-,33+,37-,40-,41-;8-/m001/s1. The Hall–Kier alpha value is -14.2. The van der Waals surface area contributed by atoms with Crippen molar-refractivity contribution in [3.05, 3.63) is 240 Å². The second-order valence-corrected chi connectivity index (χ2v) is 37.6. The van der Waals surface area contributed by atoms with Crippen LogP contribution in [-0.2, 0) is 60.4 Å². The smallest absolute Gasteiger partial charge is 0.407 e. The number of rotatable bonds is 20. The molecule has 10 aliphatic rings. The highest BCUT2D eigenvalue weighted by Crippen LogP contribution is 2.53. The molecule has 2 saturated carbocycles. The number of piperidine rings is 2. The highest BCUT2D eigenvalue weighted by atomic mass is 16.6. The van der Waals surface area contributed by atoms with Crippen LogP contribution in [0.1, 0.15) is 148 Å². The minimum absolute atomic E-state index is 0.000145. The number of methoxy groups -OCH3 is 4. The Labute approximate surface area is 792 Å². The summed E-state index contributed by atoms with van der Waals surface area (Å²) >= 11 is 0. The van der Waals surface area contributed by atoms with E-state index in [-0.39, 0.29) is 59.8 Å². The lowest BCUT2D eigenvalue weighted by Crippen LogP contribution is -2.55. The molecule has 12 aromatic rings. The maximum absolute atomic E-state index is 14.4. The number of nitrogens with zero attached hydrogens (tertiary/aromatic N) is 7. The number of benzene rings is 10. The molecule has 29 heteroatoms. The van der Waals surface area contributed by atoms with Crippen molar-refractivity contribution >= 4 is 114 Å². The molecule has 7 amide bonds. The Bertz CT molecular complexity index is 6680. The van der Waals surface area contributed by atoms with Gasteiger partial charge in [-0.15, -0.1) is 0 Å². The first-order valence-corrected chi connectivity index (χ1v) is 47.9. The molecule has 8 N–H and O–H groups in total. The van der Waals surface area contributed by atoms with Crippen molar-refractivity contribution in [3.63, 3.8) is 0 Å². The first-order chi connectivity index (χ1) is 66.9. The average Bonchev–Trinajstić information content (AvgIpc) is 1.60. The molecule has 2 aromatic heterocycles. The second-order valence-electron chi connectivity index (χ2n) is 37.6. The number of carboxylic acids is 1. The molecule has 8 aliphatic heterocycles. The molecule has 704 valence electrons. The molecular formula is C108H112N14O15. The number of amides is 7. The summed E-state index contributed by atoms with van der Waals surface area (Å²) in [5.74, 6) is 0.783. The van der Waals surface area contributed by atoms with Gasteiger partial charge in [0.05, 0.1) is 81.7 Å². The number of aromatic nitrogens is 4. The minimum atomic E-state index is -1.13. The van der Waals surface area contributed by atoms with Gasteiger partial charge in [-0.25, -0.2) is 33.9 Å². The van der Waals surface area contributed by atoms with Crippen LogP contribution in [0.15, 0.2) is 217 Å². The third-order valence-corrected chi connectivity index (χ3v) is 29.8. The van der Waals surface area contributed by atoms with Gasteiger partial charge in [-0.2, -0.15) is 0 Å². The minimum Gasteiger partial charge on any atom is -0.479 e. The number of ether oxygens (including phenoxy) is 6. The predicted octanol–water partition coefficient (Wildman–Crippen LogP) is 17.8. The molecule has 0 radical (unpaired) electrons. The lowest BCUT2D eigenvalue weighted by molar-refractivity contribution is -0.141. The van der Waals surface area contributed by atoms with Gasteiger partial charge in [0.15, 0.2) is 6.04 Å². The first kappa shape index (κ1) is 90.6. The van der Waals surface area contributed by atoms with E-state index < -0.39 is 54.5 Å². The summed E-state index contributed by atoms with van der Waals surface area (Å²) in [4.78, 5) is 135. The zero-order chi connectivity index (χ0) is 94.1. The molecule has 6 saturated heterocycles. The fourth-order valence-electron chi connectivity index (χ4n) is 22.9. The van der Waals surface area contributed by atoms with Crippen LogP contribution in [0.4, 0.5) is 30.6 Å². The topological polar surface area (TPSA) is 364 Å². The van der Waals surface area contributed by atoms with Crippen LogP contribution in [-0.4, -0.2) is 203 Å². The van der Waals surface area contributed by atoms with Gasteiger partial charge in [-0.3, -0.25) is 24.4 Å². The van der Waals surface area contributed by atoms with Gasteiger partial charge in [0, 0.05) is 86.5 Å². The molecule has 10 aromatic carbocycles. The third-order valence-electron chi connectivity index (χ3n) is 29.8. The summed E-state index contributed by atoms with van der Waals surface area (Å²) in [6.07, 6.45) is 15.6. The molecule has 0 unspecified atom stereocenters. The Morgan fingerprint density at radius 1 is 0.423 bits per heavy atom. The summed E-state index contributed by atoms with van der Waals surface area (Å²) in [5.41, 5.74) is 16.5. The third kappa shape index (κ3) is 18.6. The van der Waals surface area contributed by atoms with Crippen LogP contribution in [0, 0.1) is 23.7 Å². The molecule has 137 heavy (non-hydrogen) atoms. The van der Waals surface area contributed by atoms with Crippen LogP contribution in [0.25, 0.3) is 87.9 Å². The van der Waals surface area contributed by atoms with E-state index in [0.29, 0.717) is 81.2 Å². The summed E-state index contributed by atoms with van der Waals surface area (Å²) in [7, 11) is 5.15. The van der Waals surface area contributed by atoms with Gasteiger partial charge in [0.25, 0.3) is 0 Å². The van der Waals surface area contributed by atoms with E-state index >= 15 is 0 Å². The summed E-state index contributed by atoms with van der Waals surface area (Å²) in [6.45, 7) is 3.98. The second kappa shape index (κ2) is 39.6. The average molecular weight is 1850 g/mol. The summed E-state index contributed by atoms with van der Waals surface area (Å²) in [6, 6.07) is 62.9. The Morgan fingerprint density at radius 2 is 0.832 bits per heavy atom. The number of aliphatic carboxylic acids is 1. The van der Waals surface area contributed by atoms with Crippen LogP contribution in [0.2, 0.25) is 0 Å². The Balaban J connectivity index is 0.000000149. The number of carbonyl (C=O) groups is 8. The van der Waals surface area contributed by atoms with Crippen molar-refractivity contribution in [1.29, 1.82) is 0 Å². The summed E-state index contributed by atoms with van der Waals surface area (Å²) < 4.78 is 30.3. The number of hydrogen-bond donors (Lipinski definition) is 8. The van der Waals surface area contributed by atoms with Crippen LogP contribution < -0.4 is 26.6 Å². The van der Waals surface area contributed by atoms with Crippen molar-refractivity contribution < 1.29 is 71.9 Å². The molecule has 8 fully saturated rings. The van der Waals surface area contributed by atoms with Gasteiger partial charge < -0.3 is 84.8 Å². The van der Waals surface area contributed by atoms with E-state index in [2.05, 4.69) is 175 Å². The van der Waals surface area contributed by atoms with E-state index in [1.807, 2.05) is 57.4 Å². The zero-order valence-electron chi connectivity index (χ0n) is 77.1. The molecule has 12 atom stereocenters. The lowest BCUT2D eigenvalue weighted by Gasteiger charge is -2.39. The molecule has 29 nitrogen and oxygen atoms in total. The fraction of sp³-hybridized carbons (Fsp3) is 0.370. The van der Waals surface area contributed by atoms with Gasteiger partial charge in [0.2, 0.25) is 17.7 Å². The SMILES string of the molecule is COC(=O)N[C@@H](C(=O)O)c1ccccc1.COC(=O)N[C@H](C(=O)N1CCC[C@H]1C1=Nc2ccc3cc(-c4ccc5cc(-c6cnc([C@@H]7[C@H]8CC[C@H](C8)N7C(=O)[C@@H](NC(=O)OC)C7CCOCC7)[nH]6)ccc5c4)ccc3c2C1)c1ccccc1.COC(=O)N[C@H](C(=O)N1[C@@H]2CC[C@@H](C2)[C@H]1c1ncc(-c2ccc3cc(-c4ccc5c6c(ccc5c4)N=C([C@@H]4CCCN4)C6)ccc3c2)[nH]1)C1CCOCC1. The largest absolute Gasteiger partial charge is 0.479 e. The Kier molecular flexibility index (Phi) is 26.2. The molecule has 2 aliphatic carbocycles. The van der Waals surface area contributed by atoms with Crippen molar-refractivity contribution in [2.45, 2.75) is 163 Å². The number of H-pyrrole nitrogens is 2. The number of likely N-dealkylation sites (tertiary alicyclic amines) is 3. The number of imidazole rings is 2. The van der Waals surface area contributed by atoms with Gasteiger partial charge in [-0.05, 0) is 256 Å². The number of nitrogens with one attached hydrogen (secondary N) is 7. The Morgan fingerprint density at radius 3 is 1.28 bits per heavy atom. The number of aliphatic imine (C=N–C) groups is 2. The molecule has 0 spiro atoms. The van der Waals surface area contributed by atoms with Gasteiger partial charge in [-0.1, -0.05) is 146 Å². The zero-order valence-corrected chi connectivity index (χ0v) is 77.1. The molecule has 4 bridgehead atoms. The number of carbonyl (C=O) groups excluding carboxylic acids is 7. The van der Waals surface area contributed by atoms with E-state index in [0.717, 1.165) is 172 Å². The van der Waals surface area contributed by atoms with E-state index in [1.165, 1.54) is 79.8 Å². The highest BCUT2D eigenvalue weighted by molar-refractivity contribution is 6.08. The molecule has 22 rings (SSSR count).